The summed E-state index contributed by atoms with van der Waals surface area (Å²) in [4.78, 5) is 12.0. The van der Waals surface area contributed by atoms with E-state index in [1.165, 1.54) is 32.1 Å². The molecule has 0 unspecified atom stereocenters. The maximum absolute atomic E-state index is 13.2. The van der Waals surface area contributed by atoms with Gasteiger partial charge in [0.1, 0.15) is 5.75 Å². The lowest BCUT2D eigenvalue weighted by Gasteiger charge is -2.07. The number of benzene rings is 2. The summed E-state index contributed by atoms with van der Waals surface area (Å²) < 4.78 is 44.1. The minimum absolute atomic E-state index is 0.266. The Balaban J connectivity index is 1.86. The van der Waals surface area contributed by atoms with Crippen LogP contribution >= 0.6 is 0 Å². The fourth-order valence-electron chi connectivity index (χ4n) is 2.67. The van der Waals surface area contributed by atoms with Crippen LogP contribution in [0.25, 0.3) is 0 Å². The number of unbranched alkanes of at least 4 members (excludes halogenated alkanes) is 5. The van der Waals surface area contributed by atoms with Crippen LogP contribution in [0.2, 0.25) is 0 Å². The van der Waals surface area contributed by atoms with E-state index in [0.29, 0.717) is 12.1 Å². The van der Waals surface area contributed by atoms with Crippen molar-refractivity contribution in [1.82, 2.24) is 0 Å². The number of aryl methyl sites for hydroxylation is 1. The van der Waals surface area contributed by atoms with Crippen molar-refractivity contribution in [3.05, 3.63) is 65.0 Å². The number of ether oxygens (including phenoxy) is 1. The van der Waals surface area contributed by atoms with Gasteiger partial charge in [-0.2, -0.15) is 0 Å². The maximum atomic E-state index is 13.2. The summed E-state index contributed by atoms with van der Waals surface area (Å²) in [6.45, 7) is 2.19. The van der Waals surface area contributed by atoms with E-state index in [9.17, 15) is 18.0 Å². The van der Waals surface area contributed by atoms with Crippen molar-refractivity contribution in [3.8, 4) is 5.75 Å². The van der Waals surface area contributed by atoms with Gasteiger partial charge in [0.25, 0.3) is 0 Å². The Morgan fingerprint density at radius 2 is 1.46 bits per heavy atom. The largest absolute Gasteiger partial charge is 0.423 e. The van der Waals surface area contributed by atoms with Crippen LogP contribution in [0, 0.1) is 17.5 Å². The SMILES string of the molecule is CCCCCCCCc1ccc(C(=O)Oc2cc(F)c(F)c(F)c2)cc1. The highest BCUT2D eigenvalue weighted by molar-refractivity contribution is 5.91. The predicted octanol–water partition coefficient (Wildman–Crippen LogP) is 6.23. The molecule has 0 saturated carbocycles. The quantitative estimate of drug-likeness (QED) is 0.228. The molecule has 0 aliphatic heterocycles. The standard InChI is InChI=1S/C21H23F3O2/c1-2-3-4-5-6-7-8-15-9-11-16(12-10-15)21(25)26-17-13-18(22)20(24)19(23)14-17/h9-14H,2-8H2,1H3. The van der Waals surface area contributed by atoms with Gasteiger partial charge in [-0.3, -0.25) is 0 Å². The molecule has 0 aromatic heterocycles. The molecular formula is C21H23F3O2. The summed E-state index contributed by atoms with van der Waals surface area (Å²) in [5.74, 6) is -5.52. The van der Waals surface area contributed by atoms with Gasteiger partial charge >= 0.3 is 5.97 Å². The van der Waals surface area contributed by atoms with Gasteiger partial charge < -0.3 is 4.74 Å². The van der Waals surface area contributed by atoms with E-state index in [1.54, 1.807) is 12.1 Å². The Morgan fingerprint density at radius 1 is 0.885 bits per heavy atom. The van der Waals surface area contributed by atoms with Crippen molar-refractivity contribution in [2.75, 3.05) is 0 Å². The van der Waals surface area contributed by atoms with Crippen LogP contribution in [0.1, 0.15) is 61.4 Å². The van der Waals surface area contributed by atoms with Crippen molar-refractivity contribution >= 4 is 5.97 Å². The minimum Gasteiger partial charge on any atom is -0.423 e. The molecule has 0 radical (unpaired) electrons. The Labute approximate surface area is 152 Å². The van der Waals surface area contributed by atoms with Crippen molar-refractivity contribution in [2.45, 2.75) is 51.9 Å². The van der Waals surface area contributed by atoms with Crippen molar-refractivity contribution in [1.29, 1.82) is 0 Å². The first-order valence-electron chi connectivity index (χ1n) is 8.97. The van der Waals surface area contributed by atoms with Gasteiger partial charge in [0.15, 0.2) is 17.5 Å². The second kappa shape index (κ2) is 10.00. The lowest BCUT2D eigenvalue weighted by molar-refractivity contribution is 0.0733. The molecular weight excluding hydrogens is 341 g/mol. The zero-order valence-electron chi connectivity index (χ0n) is 14.9. The summed E-state index contributed by atoms with van der Waals surface area (Å²) in [6, 6.07) is 8.20. The van der Waals surface area contributed by atoms with Gasteiger partial charge in [0, 0.05) is 12.1 Å². The normalized spacial score (nSPS) is 10.8. The molecule has 0 bridgehead atoms. The van der Waals surface area contributed by atoms with E-state index in [-0.39, 0.29) is 11.3 Å². The van der Waals surface area contributed by atoms with E-state index in [0.717, 1.165) is 18.4 Å². The van der Waals surface area contributed by atoms with Crippen LogP contribution in [0.15, 0.2) is 36.4 Å². The molecule has 0 spiro atoms. The van der Waals surface area contributed by atoms with Crippen molar-refractivity contribution in [3.63, 3.8) is 0 Å². The summed E-state index contributed by atoms with van der Waals surface area (Å²) in [6.07, 6.45) is 8.24. The second-order valence-electron chi connectivity index (χ2n) is 6.31. The highest BCUT2D eigenvalue weighted by Crippen LogP contribution is 2.20. The Bertz CT molecular complexity index is 704. The van der Waals surface area contributed by atoms with Gasteiger partial charge in [-0.25, -0.2) is 18.0 Å². The first kappa shape index (κ1) is 20.0. The maximum Gasteiger partial charge on any atom is 0.343 e. The van der Waals surface area contributed by atoms with Crippen LogP contribution < -0.4 is 4.74 Å². The van der Waals surface area contributed by atoms with E-state index in [1.807, 2.05) is 12.1 Å². The first-order chi connectivity index (χ1) is 12.5. The smallest absolute Gasteiger partial charge is 0.343 e. The second-order valence-corrected chi connectivity index (χ2v) is 6.31. The molecule has 0 N–H and O–H groups in total. The molecule has 140 valence electrons. The summed E-state index contributed by atoms with van der Waals surface area (Å²) in [5, 5.41) is 0. The van der Waals surface area contributed by atoms with E-state index in [2.05, 4.69) is 6.92 Å². The summed E-state index contributed by atoms with van der Waals surface area (Å²) >= 11 is 0. The van der Waals surface area contributed by atoms with Gasteiger partial charge in [0.2, 0.25) is 0 Å². The average molecular weight is 364 g/mol. The molecule has 2 aromatic carbocycles. The van der Waals surface area contributed by atoms with Crippen LogP contribution in [-0.4, -0.2) is 5.97 Å². The third-order valence-electron chi connectivity index (χ3n) is 4.18. The van der Waals surface area contributed by atoms with Crippen LogP contribution in [0.3, 0.4) is 0 Å². The van der Waals surface area contributed by atoms with Gasteiger partial charge in [0.05, 0.1) is 5.56 Å². The number of hydrogen-bond donors (Lipinski definition) is 0. The number of hydrogen-bond acceptors (Lipinski definition) is 2. The molecule has 26 heavy (non-hydrogen) atoms. The van der Waals surface area contributed by atoms with E-state index in [4.69, 9.17) is 4.74 Å². The van der Waals surface area contributed by atoms with Gasteiger partial charge in [-0.1, -0.05) is 51.2 Å². The number of esters is 1. The molecule has 0 amide bonds. The molecule has 0 saturated heterocycles. The highest BCUT2D eigenvalue weighted by Gasteiger charge is 2.14. The number of halogens is 3. The molecule has 0 aliphatic rings. The third kappa shape index (κ3) is 5.90. The molecule has 0 atom stereocenters. The predicted molar refractivity (Wildman–Crippen MR) is 94.8 cm³/mol. The molecule has 0 aliphatic carbocycles. The molecule has 2 aromatic rings. The average Bonchev–Trinajstić information content (AvgIpc) is 2.63. The zero-order valence-corrected chi connectivity index (χ0v) is 14.9. The topological polar surface area (TPSA) is 26.3 Å². The molecule has 5 heteroatoms. The van der Waals surface area contributed by atoms with Crippen LogP contribution in [0.4, 0.5) is 13.2 Å². The molecule has 2 rings (SSSR count). The summed E-state index contributed by atoms with van der Waals surface area (Å²) in [5.41, 5.74) is 1.39. The lowest BCUT2D eigenvalue weighted by atomic mass is 10.0. The minimum atomic E-state index is -1.59. The van der Waals surface area contributed by atoms with Crippen LogP contribution in [-0.2, 0) is 6.42 Å². The number of carbonyl (C=O) groups is 1. The van der Waals surface area contributed by atoms with Crippen molar-refractivity contribution in [2.24, 2.45) is 0 Å². The summed E-state index contributed by atoms with van der Waals surface area (Å²) in [7, 11) is 0. The Kier molecular flexibility index (Phi) is 7.70. The zero-order chi connectivity index (χ0) is 18.9. The highest BCUT2D eigenvalue weighted by atomic mass is 19.2. The van der Waals surface area contributed by atoms with Crippen molar-refractivity contribution < 1.29 is 22.7 Å². The molecule has 2 nitrogen and oxygen atoms in total. The van der Waals surface area contributed by atoms with E-state index < -0.39 is 23.4 Å². The monoisotopic (exact) mass is 364 g/mol. The molecule has 0 heterocycles. The Hall–Kier alpha value is -2.30. The van der Waals surface area contributed by atoms with Gasteiger partial charge in [-0.05, 0) is 30.5 Å². The Morgan fingerprint density at radius 3 is 2.08 bits per heavy atom. The lowest BCUT2D eigenvalue weighted by Crippen LogP contribution is -2.09. The first-order valence-corrected chi connectivity index (χ1v) is 8.97. The van der Waals surface area contributed by atoms with Crippen LogP contribution in [0.5, 0.6) is 5.75 Å². The van der Waals surface area contributed by atoms with Gasteiger partial charge in [-0.15, -0.1) is 0 Å². The molecule has 0 fully saturated rings. The number of carbonyl (C=O) groups excluding carboxylic acids is 1. The fourth-order valence-corrected chi connectivity index (χ4v) is 2.67. The third-order valence-corrected chi connectivity index (χ3v) is 4.18. The van der Waals surface area contributed by atoms with E-state index >= 15 is 0 Å². The number of rotatable bonds is 9. The fraction of sp³-hybridized carbons (Fsp3) is 0.381.